The molecule has 1 amide bonds. The Hall–Kier alpha value is -3.98. The van der Waals surface area contributed by atoms with E-state index >= 15 is 0 Å². The van der Waals surface area contributed by atoms with Gasteiger partial charge in [0.2, 0.25) is 11.8 Å². The van der Waals surface area contributed by atoms with E-state index in [-0.39, 0.29) is 23.8 Å². The largest absolute Gasteiger partial charge is 0.480 e. The maximum atomic E-state index is 13.1. The summed E-state index contributed by atoms with van der Waals surface area (Å²) in [5, 5.41) is 7.05. The van der Waals surface area contributed by atoms with Gasteiger partial charge in [-0.3, -0.25) is 4.79 Å². The van der Waals surface area contributed by atoms with Crippen molar-refractivity contribution in [2.45, 2.75) is 33.1 Å². The number of benzene rings is 1. The van der Waals surface area contributed by atoms with Crippen LogP contribution >= 0.6 is 0 Å². The van der Waals surface area contributed by atoms with Gasteiger partial charge in [0.15, 0.2) is 5.65 Å². The van der Waals surface area contributed by atoms with E-state index < -0.39 is 0 Å². The lowest BCUT2D eigenvalue weighted by Gasteiger charge is -2.14. The molecular formula is C24H26N6O3. The van der Waals surface area contributed by atoms with Crippen LogP contribution in [0.2, 0.25) is 0 Å². The SMILES string of the molecule is COc1ncc(-c2ccn3nc(N)nc3c2)cc1C(=O)NCc1ccccc1COC(C)C. The van der Waals surface area contributed by atoms with Crippen molar-refractivity contribution in [1.29, 1.82) is 0 Å². The molecule has 1 aromatic carbocycles. The highest BCUT2D eigenvalue weighted by Crippen LogP contribution is 2.25. The number of ether oxygens (including phenoxy) is 2. The molecule has 4 rings (SSSR count). The number of anilines is 1. The zero-order valence-electron chi connectivity index (χ0n) is 18.8. The third-order valence-electron chi connectivity index (χ3n) is 5.11. The van der Waals surface area contributed by atoms with E-state index in [1.807, 2.05) is 50.2 Å². The van der Waals surface area contributed by atoms with E-state index in [1.54, 1.807) is 23.0 Å². The second-order valence-corrected chi connectivity index (χ2v) is 7.78. The molecule has 3 N–H and O–H groups in total. The number of amides is 1. The molecule has 0 saturated carbocycles. The predicted octanol–water partition coefficient (Wildman–Crippen LogP) is 3.24. The summed E-state index contributed by atoms with van der Waals surface area (Å²) >= 11 is 0. The van der Waals surface area contributed by atoms with Gasteiger partial charge in [0, 0.05) is 24.5 Å². The topological polar surface area (TPSA) is 117 Å². The molecule has 0 spiro atoms. The number of nitrogens with two attached hydrogens (primary N) is 1. The summed E-state index contributed by atoms with van der Waals surface area (Å²) in [6.45, 7) is 4.83. The normalized spacial score (nSPS) is 11.2. The monoisotopic (exact) mass is 446 g/mol. The van der Waals surface area contributed by atoms with Crippen LogP contribution in [0, 0.1) is 0 Å². The number of nitrogens with zero attached hydrogens (tertiary/aromatic N) is 4. The van der Waals surface area contributed by atoms with Gasteiger partial charge >= 0.3 is 0 Å². The molecular weight excluding hydrogens is 420 g/mol. The van der Waals surface area contributed by atoms with Crippen molar-refractivity contribution in [1.82, 2.24) is 24.9 Å². The molecule has 9 nitrogen and oxygen atoms in total. The summed E-state index contributed by atoms with van der Waals surface area (Å²) in [5.41, 5.74) is 10.2. The van der Waals surface area contributed by atoms with Crippen LogP contribution in [0.1, 0.15) is 35.3 Å². The molecule has 170 valence electrons. The Kier molecular flexibility index (Phi) is 6.50. The predicted molar refractivity (Wildman–Crippen MR) is 125 cm³/mol. The van der Waals surface area contributed by atoms with Gasteiger partial charge in [-0.25, -0.2) is 9.50 Å². The van der Waals surface area contributed by atoms with Gasteiger partial charge in [0.05, 0.1) is 19.8 Å². The van der Waals surface area contributed by atoms with Crippen LogP contribution in [0.3, 0.4) is 0 Å². The molecule has 0 radical (unpaired) electrons. The number of nitrogens with one attached hydrogen (secondary N) is 1. The molecule has 3 heterocycles. The van der Waals surface area contributed by atoms with Gasteiger partial charge in [-0.1, -0.05) is 24.3 Å². The van der Waals surface area contributed by atoms with Gasteiger partial charge in [0.1, 0.15) is 5.56 Å². The highest BCUT2D eigenvalue weighted by molar-refractivity contribution is 5.97. The Morgan fingerprint density at radius 3 is 2.70 bits per heavy atom. The molecule has 4 aromatic rings. The first kappa shape index (κ1) is 22.2. The molecule has 0 aliphatic rings. The summed E-state index contributed by atoms with van der Waals surface area (Å²) < 4.78 is 12.7. The third kappa shape index (κ3) is 5.09. The van der Waals surface area contributed by atoms with Gasteiger partial charge < -0.3 is 20.5 Å². The van der Waals surface area contributed by atoms with Gasteiger partial charge in [-0.2, -0.15) is 4.98 Å². The minimum absolute atomic E-state index is 0.124. The van der Waals surface area contributed by atoms with Crippen LogP contribution in [-0.2, 0) is 17.9 Å². The summed E-state index contributed by atoms with van der Waals surface area (Å²) in [6, 6.07) is 13.3. The summed E-state index contributed by atoms with van der Waals surface area (Å²) in [5.74, 6) is 0.160. The number of hydrogen-bond donors (Lipinski definition) is 2. The highest BCUT2D eigenvalue weighted by Gasteiger charge is 2.16. The standard InChI is InChI=1S/C24H26N6O3/c1-15(2)33-14-18-7-5-4-6-17(18)12-26-22(31)20-10-19(13-27-23(20)32-3)16-8-9-30-21(11-16)28-24(25)29-30/h4-11,13,15H,12,14H2,1-3H3,(H2,25,29)(H,26,31). The smallest absolute Gasteiger partial charge is 0.257 e. The minimum Gasteiger partial charge on any atom is -0.480 e. The van der Waals surface area contributed by atoms with Crippen molar-refractivity contribution in [3.05, 3.63) is 71.5 Å². The van der Waals surface area contributed by atoms with Gasteiger partial charge in [0.25, 0.3) is 5.91 Å². The van der Waals surface area contributed by atoms with Crippen molar-refractivity contribution in [3.8, 4) is 17.0 Å². The molecule has 0 aliphatic heterocycles. The Balaban J connectivity index is 1.56. The maximum absolute atomic E-state index is 13.1. The van der Waals surface area contributed by atoms with Crippen molar-refractivity contribution >= 4 is 17.5 Å². The fourth-order valence-electron chi connectivity index (χ4n) is 3.41. The number of methoxy groups -OCH3 is 1. The Bertz CT molecular complexity index is 1280. The van der Waals surface area contributed by atoms with E-state index in [2.05, 4.69) is 20.4 Å². The first-order valence-electron chi connectivity index (χ1n) is 10.6. The van der Waals surface area contributed by atoms with Crippen molar-refractivity contribution in [3.63, 3.8) is 0 Å². The second-order valence-electron chi connectivity index (χ2n) is 7.78. The first-order chi connectivity index (χ1) is 15.9. The van der Waals surface area contributed by atoms with Crippen LogP contribution in [-0.4, -0.2) is 38.7 Å². The van der Waals surface area contributed by atoms with E-state index in [0.717, 1.165) is 22.3 Å². The third-order valence-corrected chi connectivity index (χ3v) is 5.11. The highest BCUT2D eigenvalue weighted by atomic mass is 16.5. The first-order valence-corrected chi connectivity index (χ1v) is 10.6. The number of aromatic nitrogens is 4. The lowest BCUT2D eigenvalue weighted by molar-refractivity contribution is 0.0651. The Labute approximate surface area is 191 Å². The zero-order chi connectivity index (χ0) is 23.4. The van der Waals surface area contributed by atoms with E-state index in [1.165, 1.54) is 7.11 Å². The maximum Gasteiger partial charge on any atom is 0.257 e. The Morgan fingerprint density at radius 2 is 1.94 bits per heavy atom. The van der Waals surface area contributed by atoms with Crippen LogP contribution < -0.4 is 15.8 Å². The van der Waals surface area contributed by atoms with Crippen molar-refractivity contribution < 1.29 is 14.3 Å². The molecule has 0 saturated heterocycles. The van der Waals surface area contributed by atoms with Crippen LogP contribution in [0.5, 0.6) is 5.88 Å². The zero-order valence-corrected chi connectivity index (χ0v) is 18.8. The van der Waals surface area contributed by atoms with Crippen molar-refractivity contribution in [2.24, 2.45) is 0 Å². The number of carbonyl (C=O) groups excluding carboxylic acids is 1. The molecule has 0 atom stereocenters. The van der Waals surface area contributed by atoms with Crippen molar-refractivity contribution in [2.75, 3.05) is 12.8 Å². The molecule has 9 heteroatoms. The molecule has 0 bridgehead atoms. The fraction of sp³-hybridized carbons (Fsp3) is 0.250. The summed E-state index contributed by atoms with van der Waals surface area (Å²) in [6.07, 6.45) is 3.53. The molecule has 0 aliphatic carbocycles. The second kappa shape index (κ2) is 9.66. The molecule has 33 heavy (non-hydrogen) atoms. The number of rotatable bonds is 8. The quantitative estimate of drug-likeness (QED) is 0.427. The summed E-state index contributed by atoms with van der Waals surface area (Å²) in [7, 11) is 1.49. The average Bonchev–Trinajstić information content (AvgIpc) is 3.20. The van der Waals surface area contributed by atoms with Crippen LogP contribution in [0.25, 0.3) is 16.8 Å². The Morgan fingerprint density at radius 1 is 1.15 bits per heavy atom. The average molecular weight is 447 g/mol. The van der Waals surface area contributed by atoms with E-state index in [9.17, 15) is 4.79 Å². The number of pyridine rings is 2. The molecule has 0 fully saturated rings. The minimum atomic E-state index is -0.284. The fourth-order valence-corrected chi connectivity index (χ4v) is 3.41. The van der Waals surface area contributed by atoms with E-state index in [0.29, 0.717) is 24.4 Å². The molecule has 3 aromatic heterocycles. The number of fused-ring (bicyclic) bond motifs is 1. The molecule has 0 unspecified atom stereocenters. The number of carbonyl (C=O) groups is 1. The van der Waals surface area contributed by atoms with Crippen LogP contribution in [0.15, 0.2) is 54.9 Å². The van der Waals surface area contributed by atoms with E-state index in [4.69, 9.17) is 15.2 Å². The lowest BCUT2D eigenvalue weighted by Crippen LogP contribution is -2.24. The number of nitrogen functional groups attached to an aromatic ring is 1. The lowest BCUT2D eigenvalue weighted by atomic mass is 10.1. The summed E-state index contributed by atoms with van der Waals surface area (Å²) in [4.78, 5) is 21.6. The van der Waals surface area contributed by atoms with Gasteiger partial charge in [-0.15, -0.1) is 5.10 Å². The number of hydrogen-bond acceptors (Lipinski definition) is 7. The van der Waals surface area contributed by atoms with Gasteiger partial charge in [-0.05, 0) is 48.7 Å². The van der Waals surface area contributed by atoms with Crippen LogP contribution in [0.4, 0.5) is 5.95 Å².